The lowest BCUT2D eigenvalue weighted by Gasteiger charge is -2.47. The van der Waals surface area contributed by atoms with Gasteiger partial charge in [0, 0.05) is 48.8 Å². The lowest BCUT2D eigenvalue weighted by Crippen LogP contribution is -2.65. The first-order valence-corrected chi connectivity index (χ1v) is 35.2. The minimum absolute atomic E-state index is 0. The Labute approximate surface area is 580 Å². The number of rotatable bonds is 35. The number of ether oxygens (including phenoxy) is 5. The second kappa shape index (κ2) is 37.1. The third kappa shape index (κ3) is 22.1. The van der Waals surface area contributed by atoms with Crippen LogP contribution >= 0.6 is 55.0 Å². The van der Waals surface area contributed by atoms with Gasteiger partial charge in [-0.05, 0) is 45.5 Å². The van der Waals surface area contributed by atoms with Gasteiger partial charge in [-0.1, -0.05) is 17.6 Å². The Bertz CT molecular complexity index is 3340. The molecule has 19 atom stereocenters. The highest BCUT2D eigenvalue weighted by Crippen LogP contribution is 2.45. The Balaban J connectivity index is 0.0000173. The number of nitrogens with one attached hydrogen (secondary N) is 7. The number of aliphatic hydroxyl groups excluding tert-OH is 8. The number of nitrogens with zero attached hydrogens (tertiary/aromatic N) is 5. The van der Waals surface area contributed by atoms with Gasteiger partial charge in [-0.15, -0.1) is 35.1 Å². The van der Waals surface area contributed by atoms with Crippen molar-refractivity contribution in [3.05, 3.63) is 56.8 Å². The van der Waals surface area contributed by atoms with Gasteiger partial charge >= 0.3 is 6.09 Å². The molecule has 548 valence electrons. The number of aromatic nitrogens is 6. The van der Waals surface area contributed by atoms with Crippen molar-refractivity contribution in [1.29, 1.82) is 0 Å². The summed E-state index contributed by atoms with van der Waals surface area (Å²) in [4.78, 5) is 131. The van der Waals surface area contributed by atoms with Crippen LogP contribution in [0.2, 0.25) is 0 Å². The first kappa shape index (κ1) is 82.0. The van der Waals surface area contributed by atoms with Crippen molar-refractivity contribution < 1.29 is 103 Å². The lowest BCUT2D eigenvalue weighted by atomic mass is 9.96. The van der Waals surface area contributed by atoms with Crippen molar-refractivity contribution in [1.82, 2.24) is 61.8 Å². The molecule has 6 rings (SSSR count). The fourth-order valence-corrected chi connectivity index (χ4v) is 12.6. The largest absolute Gasteiger partial charge is 0.441 e. The topological polar surface area (TPSA) is 627 Å². The number of halogens is 2. The fraction of sp³-hybridized carbons (Fsp3) is 0.618. The van der Waals surface area contributed by atoms with Gasteiger partial charge in [-0.3, -0.25) is 33.6 Å². The molecule has 0 unspecified atom stereocenters. The zero-order valence-corrected chi connectivity index (χ0v) is 57.7. The van der Waals surface area contributed by atoms with Crippen LogP contribution in [0.15, 0.2) is 23.3 Å². The molecule has 2 saturated heterocycles. The van der Waals surface area contributed by atoms with E-state index in [0.29, 0.717) is 28.7 Å². The lowest BCUT2D eigenvalue weighted by molar-refractivity contribution is -0.372. The minimum Gasteiger partial charge on any atom is -0.441 e. The molecule has 2 aliphatic heterocycles. The normalized spacial score (nSPS) is 23.9. The zero-order chi connectivity index (χ0) is 71.9. The van der Waals surface area contributed by atoms with E-state index in [1.165, 1.54) is 50.4 Å². The van der Waals surface area contributed by atoms with Crippen LogP contribution in [0, 0.1) is 12.8 Å². The van der Waals surface area contributed by atoms with Crippen molar-refractivity contribution >= 4 is 108 Å². The number of hydrogen-bond donors (Lipinski definition) is 20. The SMILES string of the molecule is Cc1c(N)nc([C@H](CC(N)=O)NC[C@H](N)C(N)=O)nc1C(=O)N[C@H](C(=O)N[C@H](C)[C@@H](O)[C@H](C)C(=O)N[C@H](C(=O)NCCc1nc(-c2nc(C(=O)NCCCS(C)(C)Cl)cs2)cs1)[C@@H](C)O)[C@@H](O[C@@H]1O[C@@H](CO)[C@@H](O)[C@H](O)[C@@H]1O[C@H]1O[C@H](CO)[C@@H](O)[C@H](OC(N)=O)[C@@H]1O)c1cnc[nH]1.Cl. The average molecular weight is 1490 g/mol. The molecule has 8 amide bonds. The molecule has 4 aromatic rings. The van der Waals surface area contributed by atoms with Crippen LogP contribution in [0.4, 0.5) is 10.6 Å². The molecule has 0 spiro atoms. The van der Waals surface area contributed by atoms with Crippen molar-refractivity contribution in [2.45, 2.75) is 157 Å². The van der Waals surface area contributed by atoms with E-state index in [2.05, 4.69) is 61.8 Å². The maximum absolute atomic E-state index is 15.2. The van der Waals surface area contributed by atoms with Crippen LogP contribution in [0.1, 0.15) is 88.8 Å². The molecule has 98 heavy (non-hydrogen) atoms. The molecule has 6 heterocycles. The molecule has 43 heteroatoms. The van der Waals surface area contributed by atoms with Crippen LogP contribution in [-0.4, -0.2) is 267 Å². The second-order valence-corrected chi connectivity index (χ2v) is 30.8. The predicted molar refractivity (Wildman–Crippen MR) is 352 cm³/mol. The quantitative estimate of drug-likeness (QED) is 0.0191. The summed E-state index contributed by atoms with van der Waals surface area (Å²) in [7, 11) is 5.10. The average Bonchev–Trinajstić information content (AvgIpc) is 0.799. The number of carbonyl (C=O) groups is 8. The molecule has 0 radical (unpaired) electrons. The Morgan fingerprint density at radius 1 is 0.796 bits per heavy atom. The molecule has 0 saturated carbocycles. The summed E-state index contributed by atoms with van der Waals surface area (Å²) < 4.78 is 28.7. The van der Waals surface area contributed by atoms with Gasteiger partial charge in [0.25, 0.3) is 11.8 Å². The summed E-state index contributed by atoms with van der Waals surface area (Å²) in [5.41, 5.74) is 28.0. The number of anilines is 1. The van der Waals surface area contributed by atoms with Gasteiger partial charge in [-0.25, -0.2) is 29.7 Å². The summed E-state index contributed by atoms with van der Waals surface area (Å²) in [6.45, 7) is 3.06. The van der Waals surface area contributed by atoms with Gasteiger partial charge in [0.1, 0.15) is 94.6 Å². The summed E-state index contributed by atoms with van der Waals surface area (Å²) >= 11 is 2.49. The van der Waals surface area contributed by atoms with Crippen molar-refractivity contribution in [2.75, 3.05) is 56.8 Å². The maximum atomic E-state index is 15.2. The van der Waals surface area contributed by atoms with Gasteiger partial charge in [-0.2, -0.15) is 9.24 Å². The number of nitrogens with two attached hydrogens (primary N) is 5. The first-order valence-electron chi connectivity index (χ1n) is 30.0. The maximum Gasteiger partial charge on any atom is 0.404 e. The van der Waals surface area contributed by atoms with Gasteiger partial charge in [0.15, 0.2) is 18.7 Å². The number of aromatic amines is 1. The molecular weight excluding hydrogens is 1400 g/mol. The van der Waals surface area contributed by atoms with Crippen LogP contribution in [0.25, 0.3) is 10.7 Å². The molecule has 0 aromatic carbocycles. The summed E-state index contributed by atoms with van der Waals surface area (Å²) in [6.07, 6.45) is -20.5. The highest BCUT2D eigenvalue weighted by Gasteiger charge is 2.54. The Hall–Kier alpha value is -6.72. The van der Waals surface area contributed by atoms with Crippen LogP contribution in [0.3, 0.4) is 0 Å². The Morgan fingerprint density at radius 3 is 2.08 bits per heavy atom. The van der Waals surface area contributed by atoms with E-state index in [1.54, 1.807) is 10.8 Å². The molecule has 38 nitrogen and oxygen atoms in total. The first-order chi connectivity index (χ1) is 45.6. The van der Waals surface area contributed by atoms with Crippen LogP contribution < -0.4 is 60.6 Å². The van der Waals surface area contributed by atoms with E-state index in [1.807, 2.05) is 12.5 Å². The van der Waals surface area contributed by atoms with Crippen molar-refractivity contribution in [2.24, 2.45) is 28.9 Å². The standard InChI is InChI=1S/C55H84ClN17O21S3.ClH/c1-20-33(70-46(73-44(20)59)25(12-31(58)77)65-13-24(57)45(60)83)50(87)72-35(41(26-14-62-19-66-26)92-54-43(39(81)37(79)29(15-74)91-54)93-53-40(82)42(94-55(61)89)38(80)30(16-75)90-53)51(88)67-22(3)36(78)21(2)47(84)71-34(23(4)76)49(86)64-10-8-32-68-28(18-95-32)52-69-27(17-96-52)48(85)63-9-7-11-97(5,6)56;/h14,17-19,21-25,29-30,34-43,53-54,65,74-76,78-82H,7-13,15-16,57H2,1-6H3,(H2,58,77)(H2,60,83)(H2,61,89)(H,62,66)(H,63,85)(H,64,86)(H,67,88)(H,71,84)(H,72,87)(H2,59,70,73);1H/t21-,22+,23+,24-,25-,29-,30+,34-,35-,36-,37+,38+,39-,40-,41-,42-,43-,53+,54-;/m0./s1. The highest BCUT2D eigenvalue weighted by molar-refractivity contribution is 8.50. The molecule has 25 N–H and O–H groups in total. The smallest absolute Gasteiger partial charge is 0.404 e. The molecule has 2 fully saturated rings. The predicted octanol–water partition coefficient (Wildman–Crippen LogP) is -5.94. The molecular formula is C55H85Cl2N17O21S3. The van der Waals surface area contributed by atoms with Gasteiger partial charge < -0.3 is 130 Å². The summed E-state index contributed by atoms with van der Waals surface area (Å²) in [6, 6.07) is -7.87. The fourth-order valence-electron chi connectivity index (χ4n) is 9.85. The van der Waals surface area contributed by atoms with E-state index in [4.69, 9.17) is 63.0 Å². The minimum atomic E-state index is -2.20. The zero-order valence-electron chi connectivity index (χ0n) is 53.7. The summed E-state index contributed by atoms with van der Waals surface area (Å²) in [5, 5.41) is 108. The number of thiazole rings is 2. The number of aliphatic hydroxyl groups is 8. The van der Waals surface area contributed by atoms with E-state index in [9.17, 15) is 74.4 Å². The van der Waals surface area contributed by atoms with E-state index >= 15 is 4.79 Å². The number of amides is 8. The Kier molecular flexibility index (Phi) is 31.0. The van der Waals surface area contributed by atoms with E-state index in [-0.39, 0.29) is 66.4 Å². The Morgan fingerprint density at radius 2 is 1.47 bits per heavy atom. The van der Waals surface area contributed by atoms with Crippen molar-refractivity contribution in [3.63, 3.8) is 0 Å². The molecule has 0 bridgehead atoms. The third-order valence-corrected chi connectivity index (χ3v) is 18.9. The van der Waals surface area contributed by atoms with E-state index in [0.717, 1.165) is 18.3 Å². The monoisotopic (exact) mass is 1490 g/mol. The number of imidazole rings is 1. The number of H-pyrrole nitrogens is 1. The molecule has 2 aliphatic rings. The van der Waals surface area contributed by atoms with Gasteiger partial charge in [0.05, 0.1) is 72.7 Å². The second-order valence-electron chi connectivity index (χ2n) is 23.2. The molecule has 0 aliphatic carbocycles. The highest BCUT2D eigenvalue weighted by atomic mass is 35.7. The summed E-state index contributed by atoms with van der Waals surface area (Å²) in [5.74, 6) is -7.98. The number of nitrogen functional groups attached to an aromatic ring is 1. The van der Waals surface area contributed by atoms with E-state index < -0.39 is 192 Å². The van der Waals surface area contributed by atoms with Crippen LogP contribution in [-0.2, 0) is 54.1 Å². The third-order valence-electron chi connectivity index (χ3n) is 15.4. The molecule has 4 aromatic heterocycles. The van der Waals surface area contributed by atoms with Gasteiger partial charge in [0.2, 0.25) is 29.5 Å². The van der Waals surface area contributed by atoms with Crippen LogP contribution in [0.5, 0.6) is 0 Å². The van der Waals surface area contributed by atoms with Crippen molar-refractivity contribution in [3.8, 4) is 10.7 Å². The number of carbonyl (C=O) groups excluding carboxylic acids is 8. The number of primary amides is 3. The number of hydrogen-bond acceptors (Lipinski definition) is 31.